The van der Waals surface area contributed by atoms with E-state index in [2.05, 4.69) is 23.3 Å². The number of amides is 1. The first-order valence-electron chi connectivity index (χ1n) is 7.80. The molecule has 4 nitrogen and oxygen atoms in total. The van der Waals surface area contributed by atoms with Crippen molar-refractivity contribution in [2.75, 3.05) is 13.1 Å². The van der Waals surface area contributed by atoms with Crippen LogP contribution in [-0.4, -0.2) is 34.2 Å². The largest absolute Gasteiger partial charge is 0.344 e. The van der Waals surface area contributed by atoms with Gasteiger partial charge in [-0.3, -0.25) is 9.48 Å². The van der Waals surface area contributed by atoms with Gasteiger partial charge in [-0.1, -0.05) is 6.07 Å². The second-order valence-corrected chi connectivity index (χ2v) is 6.87. The first kappa shape index (κ1) is 12.9. The van der Waals surface area contributed by atoms with Crippen LogP contribution in [0.15, 0.2) is 24.4 Å². The summed E-state index contributed by atoms with van der Waals surface area (Å²) in [5, 5.41) is 5.57. The Kier molecular flexibility index (Phi) is 2.81. The lowest BCUT2D eigenvalue weighted by molar-refractivity contribution is -0.131. The lowest BCUT2D eigenvalue weighted by Gasteiger charge is -2.52. The minimum atomic E-state index is 0.440. The third-order valence-electron chi connectivity index (χ3n) is 5.51. The molecule has 2 aromatic rings. The predicted molar refractivity (Wildman–Crippen MR) is 82.0 cm³/mol. The zero-order valence-corrected chi connectivity index (χ0v) is 12.5. The van der Waals surface area contributed by atoms with E-state index in [0.29, 0.717) is 11.3 Å². The summed E-state index contributed by atoms with van der Waals surface area (Å²) in [4.78, 5) is 12.6. The van der Waals surface area contributed by atoms with Crippen molar-refractivity contribution in [3.05, 3.63) is 30.0 Å². The Labute approximate surface area is 124 Å². The third-order valence-corrected chi connectivity index (χ3v) is 5.51. The number of fused-ring (bicyclic) bond motifs is 1. The van der Waals surface area contributed by atoms with Crippen molar-refractivity contribution in [2.45, 2.75) is 31.6 Å². The van der Waals surface area contributed by atoms with Gasteiger partial charge in [-0.05, 0) is 49.3 Å². The third kappa shape index (κ3) is 2.04. The second kappa shape index (κ2) is 4.58. The molecule has 2 heterocycles. The molecule has 1 saturated heterocycles. The number of aromatic nitrogens is 2. The Balaban J connectivity index is 1.49. The fourth-order valence-corrected chi connectivity index (χ4v) is 4.21. The number of rotatable bonds is 2. The SMILES string of the molecule is Cn1ncc2cc(C3CCC4(CC3)CN(C=O)C4)ccc21. The minimum absolute atomic E-state index is 0.440. The molecular formula is C17H21N3O. The fraction of sp³-hybridized carbons (Fsp3) is 0.529. The lowest BCUT2D eigenvalue weighted by atomic mass is 9.65. The van der Waals surface area contributed by atoms with E-state index in [1.807, 2.05) is 22.8 Å². The quantitative estimate of drug-likeness (QED) is 0.795. The molecule has 1 spiro atoms. The number of hydrogen-bond donors (Lipinski definition) is 0. The Morgan fingerprint density at radius 2 is 2.05 bits per heavy atom. The van der Waals surface area contributed by atoms with Gasteiger partial charge in [-0.25, -0.2) is 0 Å². The topological polar surface area (TPSA) is 38.1 Å². The Morgan fingerprint density at radius 1 is 1.29 bits per heavy atom. The summed E-state index contributed by atoms with van der Waals surface area (Å²) >= 11 is 0. The highest BCUT2D eigenvalue weighted by Crippen LogP contribution is 2.47. The predicted octanol–water partition coefficient (Wildman–Crippen LogP) is 2.69. The summed E-state index contributed by atoms with van der Waals surface area (Å²) < 4.78 is 1.93. The molecule has 0 N–H and O–H groups in total. The lowest BCUT2D eigenvalue weighted by Crippen LogP contribution is -2.56. The van der Waals surface area contributed by atoms with Gasteiger partial charge in [0, 0.05) is 30.9 Å². The highest BCUT2D eigenvalue weighted by Gasteiger charge is 2.44. The van der Waals surface area contributed by atoms with E-state index < -0.39 is 0 Å². The molecule has 2 aliphatic rings. The van der Waals surface area contributed by atoms with E-state index in [4.69, 9.17) is 0 Å². The number of hydrogen-bond acceptors (Lipinski definition) is 2. The van der Waals surface area contributed by atoms with Crippen LogP contribution in [0.25, 0.3) is 10.9 Å². The molecule has 0 unspecified atom stereocenters. The molecule has 1 amide bonds. The Morgan fingerprint density at radius 3 is 2.76 bits per heavy atom. The van der Waals surface area contributed by atoms with Crippen LogP contribution in [0.2, 0.25) is 0 Å². The van der Waals surface area contributed by atoms with Crippen molar-refractivity contribution in [1.29, 1.82) is 0 Å². The van der Waals surface area contributed by atoms with Gasteiger partial charge >= 0.3 is 0 Å². The molecule has 0 atom stereocenters. The maximum Gasteiger partial charge on any atom is 0.209 e. The van der Waals surface area contributed by atoms with E-state index in [-0.39, 0.29) is 0 Å². The van der Waals surface area contributed by atoms with Gasteiger partial charge in [0.05, 0.1) is 11.7 Å². The highest BCUT2D eigenvalue weighted by molar-refractivity contribution is 5.79. The number of aryl methyl sites for hydroxylation is 1. The average molecular weight is 283 g/mol. The molecule has 0 radical (unpaired) electrons. The maximum absolute atomic E-state index is 10.7. The molecule has 1 aliphatic heterocycles. The monoisotopic (exact) mass is 283 g/mol. The average Bonchev–Trinajstić information content (AvgIpc) is 2.86. The number of carbonyl (C=O) groups excluding carboxylic acids is 1. The summed E-state index contributed by atoms with van der Waals surface area (Å²) in [5.41, 5.74) is 3.10. The molecule has 2 fully saturated rings. The molecule has 1 aromatic heterocycles. The minimum Gasteiger partial charge on any atom is -0.344 e. The molecular weight excluding hydrogens is 262 g/mol. The van der Waals surface area contributed by atoms with Crippen molar-refractivity contribution < 1.29 is 4.79 Å². The van der Waals surface area contributed by atoms with E-state index in [9.17, 15) is 4.79 Å². The number of nitrogens with zero attached hydrogens (tertiary/aromatic N) is 3. The summed E-state index contributed by atoms with van der Waals surface area (Å²) in [7, 11) is 1.99. The number of likely N-dealkylation sites (tertiary alicyclic amines) is 1. The van der Waals surface area contributed by atoms with Crippen LogP contribution >= 0.6 is 0 Å². The summed E-state index contributed by atoms with van der Waals surface area (Å²) in [6, 6.07) is 6.77. The smallest absolute Gasteiger partial charge is 0.209 e. The summed E-state index contributed by atoms with van der Waals surface area (Å²) in [5.74, 6) is 0.672. The van der Waals surface area contributed by atoms with Gasteiger partial charge in [0.25, 0.3) is 0 Å². The van der Waals surface area contributed by atoms with Crippen LogP contribution in [0.4, 0.5) is 0 Å². The van der Waals surface area contributed by atoms with E-state index in [0.717, 1.165) is 19.5 Å². The van der Waals surface area contributed by atoms with Gasteiger partial charge in [0.2, 0.25) is 6.41 Å². The molecule has 4 heteroatoms. The molecule has 1 aromatic carbocycles. The van der Waals surface area contributed by atoms with Crippen molar-refractivity contribution in [3.8, 4) is 0 Å². The molecule has 0 bridgehead atoms. The van der Waals surface area contributed by atoms with Gasteiger partial charge < -0.3 is 4.90 Å². The number of benzene rings is 1. The van der Waals surface area contributed by atoms with Gasteiger partial charge in [-0.2, -0.15) is 5.10 Å². The van der Waals surface area contributed by atoms with E-state index in [1.54, 1.807) is 0 Å². The first-order valence-corrected chi connectivity index (χ1v) is 7.80. The zero-order chi connectivity index (χ0) is 14.4. The molecule has 110 valence electrons. The van der Waals surface area contributed by atoms with Crippen molar-refractivity contribution in [3.63, 3.8) is 0 Å². The molecule has 1 aliphatic carbocycles. The Hall–Kier alpha value is -1.84. The molecule has 21 heavy (non-hydrogen) atoms. The van der Waals surface area contributed by atoms with Crippen molar-refractivity contribution in [2.24, 2.45) is 12.5 Å². The van der Waals surface area contributed by atoms with Crippen molar-refractivity contribution in [1.82, 2.24) is 14.7 Å². The van der Waals surface area contributed by atoms with Crippen LogP contribution < -0.4 is 0 Å². The van der Waals surface area contributed by atoms with E-state index in [1.165, 1.54) is 42.1 Å². The van der Waals surface area contributed by atoms with Crippen molar-refractivity contribution >= 4 is 17.3 Å². The van der Waals surface area contributed by atoms with Gasteiger partial charge in [-0.15, -0.1) is 0 Å². The number of carbonyl (C=O) groups is 1. The van der Waals surface area contributed by atoms with Crippen LogP contribution in [-0.2, 0) is 11.8 Å². The van der Waals surface area contributed by atoms with Gasteiger partial charge in [0.15, 0.2) is 0 Å². The van der Waals surface area contributed by atoms with Crippen LogP contribution in [0.1, 0.15) is 37.2 Å². The summed E-state index contributed by atoms with van der Waals surface area (Å²) in [6.07, 6.45) is 7.96. The van der Waals surface area contributed by atoms with E-state index >= 15 is 0 Å². The Bertz CT molecular complexity index is 674. The zero-order valence-electron chi connectivity index (χ0n) is 12.5. The second-order valence-electron chi connectivity index (χ2n) is 6.87. The normalized spacial score (nSPS) is 21.7. The van der Waals surface area contributed by atoms with Crippen LogP contribution in [0.3, 0.4) is 0 Å². The van der Waals surface area contributed by atoms with Crippen LogP contribution in [0, 0.1) is 5.41 Å². The van der Waals surface area contributed by atoms with Gasteiger partial charge in [0.1, 0.15) is 0 Å². The molecule has 4 rings (SSSR count). The highest BCUT2D eigenvalue weighted by atomic mass is 16.1. The summed E-state index contributed by atoms with van der Waals surface area (Å²) in [6.45, 7) is 1.95. The van der Waals surface area contributed by atoms with Crippen LogP contribution in [0.5, 0.6) is 0 Å². The maximum atomic E-state index is 10.7. The fourth-order valence-electron chi connectivity index (χ4n) is 4.21. The first-order chi connectivity index (χ1) is 10.2. The molecule has 1 saturated carbocycles. The standard InChI is InChI=1S/C17H21N3O/c1-19-16-3-2-14(8-15(16)9-18-19)13-4-6-17(7-5-13)10-20(11-17)12-21/h2-3,8-9,12-13H,4-7,10-11H2,1H3.